The van der Waals surface area contributed by atoms with E-state index >= 15 is 0 Å². The molecule has 2 fully saturated rings. The minimum absolute atomic E-state index is 0.110. The van der Waals surface area contributed by atoms with E-state index in [1.54, 1.807) is 12.4 Å². The Morgan fingerprint density at radius 1 is 1.12 bits per heavy atom. The molecular weight excluding hydrogens is 312 g/mol. The molecule has 2 saturated heterocycles. The molecule has 2 aliphatic rings. The molecule has 0 aromatic carbocycles. The van der Waals surface area contributed by atoms with Gasteiger partial charge in [-0.15, -0.1) is 0 Å². The highest BCUT2D eigenvalue weighted by molar-refractivity contribution is 5.94. The number of rotatable bonds is 2. The molecule has 1 unspecified atom stereocenters. The zero-order chi connectivity index (χ0) is 17.3. The Labute approximate surface area is 148 Å². The van der Waals surface area contributed by atoms with Crippen LogP contribution in [-0.4, -0.2) is 47.0 Å². The summed E-state index contributed by atoms with van der Waals surface area (Å²) in [6.45, 7) is 5.72. The topological polar surface area (TPSA) is 49.3 Å². The second-order valence-electron chi connectivity index (χ2n) is 7.38. The molecule has 4 rings (SSSR count). The number of aromatic nitrogens is 2. The van der Waals surface area contributed by atoms with Gasteiger partial charge in [0.15, 0.2) is 0 Å². The Hall–Kier alpha value is -2.43. The summed E-state index contributed by atoms with van der Waals surface area (Å²) in [7, 11) is 0. The number of piperidine rings is 1. The van der Waals surface area contributed by atoms with Crippen molar-refractivity contribution in [3.8, 4) is 0 Å². The predicted octanol–water partition coefficient (Wildman–Crippen LogP) is 2.92. The summed E-state index contributed by atoms with van der Waals surface area (Å²) in [6, 6.07) is 9.88. The minimum Gasteiger partial charge on any atom is -0.356 e. The Morgan fingerprint density at radius 2 is 2.04 bits per heavy atom. The third kappa shape index (κ3) is 3.23. The van der Waals surface area contributed by atoms with Crippen LogP contribution in [-0.2, 0) is 0 Å². The zero-order valence-electron chi connectivity index (χ0n) is 14.7. The van der Waals surface area contributed by atoms with E-state index in [0.717, 1.165) is 50.5 Å². The van der Waals surface area contributed by atoms with Crippen LogP contribution in [0.4, 0.5) is 5.82 Å². The molecule has 0 saturated carbocycles. The maximum absolute atomic E-state index is 12.8. The maximum Gasteiger partial charge on any atom is 0.255 e. The van der Waals surface area contributed by atoms with Crippen molar-refractivity contribution >= 4 is 11.7 Å². The van der Waals surface area contributed by atoms with Crippen molar-refractivity contribution in [2.45, 2.75) is 26.2 Å². The van der Waals surface area contributed by atoms with Gasteiger partial charge in [0, 0.05) is 49.7 Å². The molecule has 2 aromatic heterocycles. The van der Waals surface area contributed by atoms with Crippen LogP contribution in [0, 0.1) is 12.3 Å². The van der Waals surface area contributed by atoms with Crippen molar-refractivity contribution in [2.75, 3.05) is 31.1 Å². The van der Waals surface area contributed by atoms with Crippen LogP contribution in [0.15, 0.2) is 42.7 Å². The lowest BCUT2D eigenvalue weighted by Gasteiger charge is -2.40. The lowest BCUT2D eigenvalue weighted by atomic mass is 9.79. The highest BCUT2D eigenvalue weighted by atomic mass is 16.2. The van der Waals surface area contributed by atoms with Gasteiger partial charge in [0.05, 0.1) is 5.56 Å². The number of hydrogen-bond donors (Lipinski definition) is 0. The molecule has 0 radical (unpaired) electrons. The first-order valence-corrected chi connectivity index (χ1v) is 9.03. The van der Waals surface area contributed by atoms with E-state index in [9.17, 15) is 4.79 Å². The van der Waals surface area contributed by atoms with Gasteiger partial charge in [-0.25, -0.2) is 4.98 Å². The molecule has 1 spiro atoms. The smallest absolute Gasteiger partial charge is 0.255 e. The van der Waals surface area contributed by atoms with Gasteiger partial charge in [0.1, 0.15) is 5.82 Å². The second kappa shape index (κ2) is 6.47. The molecule has 1 amide bonds. The quantitative estimate of drug-likeness (QED) is 0.846. The number of pyridine rings is 2. The van der Waals surface area contributed by atoms with Gasteiger partial charge in [-0.05, 0) is 50.5 Å². The minimum atomic E-state index is 0.110. The SMILES string of the molecule is Cc1cccc(N2CCC3(CCCN(C(=O)c4cccnc4)C3)C2)n1. The summed E-state index contributed by atoms with van der Waals surface area (Å²) in [6.07, 6.45) is 6.76. The normalized spacial score (nSPS) is 23.2. The van der Waals surface area contributed by atoms with Crippen molar-refractivity contribution in [1.29, 1.82) is 0 Å². The average Bonchev–Trinajstić information content (AvgIpc) is 3.05. The van der Waals surface area contributed by atoms with Gasteiger partial charge >= 0.3 is 0 Å². The molecule has 5 nitrogen and oxygen atoms in total. The molecular formula is C20H24N4O. The first-order chi connectivity index (χ1) is 12.2. The van der Waals surface area contributed by atoms with Crippen molar-refractivity contribution in [3.63, 3.8) is 0 Å². The number of carbonyl (C=O) groups excluding carboxylic acids is 1. The molecule has 25 heavy (non-hydrogen) atoms. The number of likely N-dealkylation sites (tertiary alicyclic amines) is 1. The van der Waals surface area contributed by atoms with Crippen LogP contribution in [0.3, 0.4) is 0 Å². The van der Waals surface area contributed by atoms with Crippen LogP contribution >= 0.6 is 0 Å². The Bertz CT molecular complexity index is 763. The van der Waals surface area contributed by atoms with Gasteiger partial charge in [-0.2, -0.15) is 0 Å². The second-order valence-corrected chi connectivity index (χ2v) is 7.38. The van der Waals surface area contributed by atoms with Gasteiger partial charge in [0.25, 0.3) is 5.91 Å². The van der Waals surface area contributed by atoms with Crippen molar-refractivity contribution in [1.82, 2.24) is 14.9 Å². The van der Waals surface area contributed by atoms with Gasteiger partial charge in [-0.3, -0.25) is 9.78 Å². The van der Waals surface area contributed by atoms with E-state index in [1.165, 1.54) is 6.42 Å². The largest absolute Gasteiger partial charge is 0.356 e. The maximum atomic E-state index is 12.8. The third-order valence-corrected chi connectivity index (χ3v) is 5.49. The summed E-state index contributed by atoms with van der Waals surface area (Å²) in [4.78, 5) is 26.0. The molecule has 0 bridgehead atoms. The highest BCUT2D eigenvalue weighted by Crippen LogP contribution is 2.40. The first kappa shape index (κ1) is 16.1. The van der Waals surface area contributed by atoms with E-state index in [1.807, 2.05) is 30.0 Å². The summed E-state index contributed by atoms with van der Waals surface area (Å²) in [5, 5.41) is 0. The Morgan fingerprint density at radius 3 is 2.84 bits per heavy atom. The van der Waals surface area contributed by atoms with Crippen LogP contribution in [0.25, 0.3) is 0 Å². The van der Waals surface area contributed by atoms with Crippen LogP contribution in [0.1, 0.15) is 35.3 Å². The molecule has 130 valence electrons. The van der Waals surface area contributed by atoms with Crippen LogP contribution in [0.5, 0.6) is 0 Å². The number of anilines is 1. The van der Waals surface area contributed by atoms with E-state index in [0.29, 0.717) is 5.56 Å². The molecule has 0 N–H and O–H groups in total. The Balaban J connectivity index is 1.49. The van der Waals surface area contributed by atoms with E-state index in [2.05, 4.69) is 27.0 Å². The third-order valence-electron chi connectivity index (χ3n) is 5.49. The molecule has 4 heterocycles. The van der Waals surface area contributed by atoms with E-state index in [4.69, 9.17) is 0 Å². The summed E-state index contributed by atoms with van der Waals surface area (Å²) < 4.78 is 0. The number of aryl methyl sites for hydroxylation is 1. The fourth-order valence-corrected chi connectivity index (χ4v) is 4.22. The Kier molecular flexibility index (Phi) is 4.15. The van der Waals surface area contributed by atoms with Gasteiger partial charge < -0.3 is 9.80 Å². The summed E-state index contributed by atoms with van der Waals surface area (Å²) in [5.41, 5.74) is 1.94. The molecule has 2 aliphatic heterocycles. The monoisotopic (exact) mass is 336 g/mol. The van der Waals surface area contributed by atoms with Crippen LogP contribution < -0.4 is 4.90 Å². The number of nitrogens with zero attached hydrogens (tertiary/aromatic N) is 4. The lowest BCUT2D eigenvalue weighted by molar-refractivity contribution is 0.0556. The van der Waals surface area contributed by atoms with E-state index in [-0.39, 0.29) is 11.3 Å². The highest BCUT2D eigenvalue weighted by Gasteiger charge is 2.42. The number of hydrogen-bond acceptors (Lipinski definition) is 4. The van der Waals surface area contributed by atoms with Crippen molar-refractivity contribution in [2.24, 2.45) is 5.41 Å². The van der Waals surface area contributed by atoms with E-state index < -0.39 is 0 Å². The average molecular weight is 336 g/mol. The number of amides is 1. The van der Waals surface area contributed by atoms with Gasteiger partial charge in [-0.1, -0.05) is 6.07 Å². The fraction of sp³-hybridized carbons (Fsp3) is 0.450. The zero-order valence-corrected chi connectivity index (χ0v) is 14.7. The molecule has 1 atom stereocenters. The fourth-order valence-electron chi connectivity index (χ4n) is 4.22. The summed E-state index contributed by atoms with van der Waals surface area (Å²) in [5.74, 6) is 1.17. The van der Waals surface area contributed by atoms with Gasteiger partial charge in [0.2, 0.25) is 0 Å². The van der Waals surface area contributed by atoms with Crippen molar-refractivity contribution < 1.29 is 4.79 Å². The van der Waals surface area contributed by atoms with Crippen LogP contribution in [0.2, 0.25) is 0 Å². The predicted molar refractivity (Wildman–Crippen MR) is 97.6 cm³/mol. The first-order valence-electron chi connectivity index (χ1n) is 9.03. The molecule has 0 aliphatic carbocycles. The summed E-state index contributed by atoms with van der Waals surface area (Å²) >= 11 is 0. The standard InChI is InChI=1S/C20H24N4O/c1-16-5-2-7-18(22-16)23-12-9-20(14-23)8-4-11-24(15-20)19(25)17-6-3-10-21-13-17/h2-3,5-7,10,13H,4,8-9,11-12,14-15H2,1H3. The lowest BCUT2D eigenvalue weighted by Crippen LogP contribution is -2.47. The van der Waals surface area contributed by atoms with Crippen molar-refractivity contribution in [3.05, 3.63) is 54.0 Å². The number of carbonyl (C=O) groups is 1. The molecule has 5 heteroatoms. The molecule has 2 aromatic rings.